The number of aliphatic hydroxyl groups excluding tert-OH is 1. The smallest absolute Gasteiger partial charge is 0.262 e. The van der Waals surface area contributed by atoms with E-state index in [1.165, 1.54) is 12.1 Å². The summed E-state index contributed by atoms with van der Waals surface area (Å²) in [5.74, 6) is -0.628. The minimum Gasteiger partial charge on any atom is -0.483 e. The van der Waals surface area contributed by atoms with Crippen molar-refractivity contribution in [3.8, 4) is 5.75 Å². The third kappa shape index (κ3) is 4.18. The topological polar surface area (TPSA) is 58.6 Å². The lowest BCUT2D eigenvalue weighted by atomic mass is 10.2. The third-order valence-electron chi connectivity index (χ3n) is 2.70. The molecule has 6 heteroatoms. The maximum absolute atomic E-state index is 13.0. The highest BCUT2D eigenvalue weighted by Crippen LogP contribution is 2.21. The molecule has 0 aliphatic carbocycles. The zero-order chi connectivity index (χ0) is 15.2. The summed E-state index contributed by atoms with van der Waals surface area (Å²) >= 11 is 5.92. The second-order valence-corrected chi connectivity index (χ2v) is 4.63. The highest BCUT2D eigenvalue weighted by Gasteiger charge is 2.09. The molecule has 0 heterocycles. The van der Waals surface area contributed by atoms with Gasteiger partial charge >= 0.3 is 0 Å². The summed E-state index contributed by atoms with van der Waals surface area (Å²) in [6.07, 6.45) is 0. The van der Waals surface area contributed by atoms with Crippen molar-refractivity contribution in [2.75, 3.05) is 11.9 Å². The lowest BCUT2D eigenvalue weighted by Gasteiger charge is -2.11. The van der Waals surface area contributed by atoms with Crippen molar-refractivity contribution in [2.24, 2.45) is 0 Å². The largest absolute Gasteiger partial charge is 0.483 e. The molecule has 4 nitrogen and oxygen atoms in total. The van der Waals surface area contributed by atoms with E-state index in [4.69, 9.17) is 21.4 Å². The summed E-state index contributed by atoms with van der Waals surface area (Å²) in [5.41, 5.74) is 0.759. The molecular weight excluding hydrogens is 297 g/mol. The molecule has 0 unspecified atom stereocenters. The van der Waals surface area contributed by atoms with Crippen LogP contribution in [0.4, 0.5) is 10.1 Å². The monoisotopic (exact) mass is 309 g/mol. The molecule has 2 aromatic rings. The first-order valence-electron chi connectivity index (χ1n) is 6.16. The number of rotatable bonds is 5. The molecule has 0 atom stereocenters. The molecule has 1 amide bonds. The van der Waals surface area contributed by atoms with Crippen LogP contribution in [0.15, 0.2) is 42.5 Å². The predicted octanol–water partition coefficient (Wildman–Crippen LogP) is 2.99. The van der Waals surface area contributed by atoms with E-state index in [0.717, 1.165) is 6.07 Å². The lowest BCUT2D eigenvalue weighted by molar-refractivity contribution is -0.118. The number of aliphatic hydroxyl groups is 1. The van der Waals surface area contributed by atoms with Crippen molar-refractivity contribution >= 4 is 23.2 Å². The number of hydrogen-bond acceptors (Lipinski definition) is 3. The van der Waals surface area contributed by atoms with Gasteiger partial charge in [0.2, 0.25) is 0 Å². The van der Waals surface area contributed by atoms with E-state index in [2.05, 4.69) is 5.32 Å². The van der Waals surface area contributed by atoms with Gasteiger partial charge in [-0.05, 0) is 30.3 Å². The van der Waals surface area contributed by atoms with Gasteiger partial charge in [0.25, 0.3) is 5.91 Å². The van der Waals surface area contributed by atoms with Crippen molar-refractivity contribution in [1.29, 1.82) is 0 Å². The molecule has 0 fully saturated rings. The summed E-state index contributed by atoms with van der Waals surface area (Å²) < 4.78 is 18.3. The van der Waals surface area contributed by atoms with Gasteiger partial charge < -0.3 is 15.2 Å². The molecule has 0 saturated heterocycles. The fourth-order valence-corrected chi connectivity index (χ4v) is 1.89. The van der Waals surface area contributed by atoms with E-state index in [-0.39, 0.29) is 24.5 Å². The molecular formula is C15H13ClFNO3. The molecule has 110 valence electrons. The van der Waals surface area contributed by atoms with Crippen LogP contribution in [-0.4, -0.2) is 17.6 Å². The average molecular weight is 310 g/mol. The van der Waals surface area contributed by atoms with Gasteiger partial charge in [-0.2, -0.15) is 0 Å². The second-order valence-electron chi connectivity index (χ2n) is 4.23. The van der Waals surface area contributed by atoms with E-state index in [0.29, 0.717) is 10.7 Å². The average Bonchev–Trinajstić information content (AvgIpc) is 2.48. The number of halogens is 2. The molecule has 0 bridgehead atoms. The summed E-state index contributed by atoms with van der Waals surface area (Å²) in [6, 6.07) is 10.5. The lowest BCUT2D eigenvalue weighted by Crippen LogP contribution is -2.20. The number of ether oxygens (including phenoxy) is 1. The minimum atomic E-state index is -0.480. The van der Waals surface area contributed by atoms with Crippen LogP contribution in [0.1, 0.15) is 5.56 Å². The number of carbonyl (C=O) groups excluding carboxylic acids is 1. The minimum absolute atomic E-state index is 0.258. The maximum atomic E-state index is 13.0. The van der Waals surface area contributed by atoms with Crippen LogP contribution in [0.3, 0.4) is 0 Å². The summed E-state index contributed by atoms with van der Waals surface area (Å²) in [4.78, 5) is 11.8. The van der Waals surface area contributed by atoms with Crippen LogP contribution < -0.4 is 10.1 Å². The Morgan fingerprint density at radius 3 is 2.76 bits per heavy atom. The quantitative estimate of drug-likeness (QED) is 0.892. The standard InChI is InChI=1S/C15H13ClFNO3/c16-12-3-1-2-4-13(12)18-15(20)9-21-14-6-5-11(17)7-10(14)8-19/h1-7,19H,8-9H2,(H,18,20). The van der Waals surface area contributed by atoms with Crippen LogP contribution >= 0.6 is 11.6 Å². The van der Waals surface area contributed by atoms with Crippen LogP contribution in [0.25, 0.3) is 0 Å². The summed E-state index contributed by atoms with van der Waals surface area (Å²) in [7, 11) is 0. The van der Waals surface area contributed by atoms with Gasteiger partial charge in [-0.1, -0.05) is 23.7 Å². The van der Waals surface area contributed by atoms with Gasteiger partial charge in [-0.25, -0.2) is 4.39 Å². The number of hydrogen-bond donors (Lipinski definition) is 2. The van der Waals surface area contributed by atoms with Gasteiger partial charge in [0.1, 0.15) is 11.6 Å². The van der Waals surface area contributed by atoms with E-state index in [9.17, 15) is 9.18 Å². The Kier molecular flexibility index (Phi) is 5.14. The molecule has 0 aromatic heterocycles. The normalized spacial score (nSPS) is 10.2. The first kappa shape index (κ1) is 15.3. The number of anilines is 1. The van der Waals surface area contributed by atoms with Gasteiger partial charge in [-0.3, -0.25) is 4.79 Å². The first-order valence-corrected chi connectivity index (χ1v) is 6.54. The number of carbonyl (C=O) groups is 1. The molecule has 21 heavy (non-hydrogen) atoms. The first-order chi connectivity index (χ1) is 10.1. The third-order valence-corrected chi connectivity index (χ3v) is 3.03. The zero-order valence-corrected chi connectivity index (χ0v) is 11.7. The SMILES string of the molecule is O=C(COc1ccc(F)cc1CO)Nc1ccccc1Cl. The fourth-order valence-electron chi connectivity index (χ4n) is 1.70. The Labute approximate surface area is 126 Å². The van der Waals surface area contributed by atoms with Gasteiger partial charge in [0, 0.05) is 5.56 Å². The van der Waals surface area contributed by atoms with E-state index in [1.807, 2.05) is 0 Å². The van der Waals surface area contributed by atoms with Crippen LogP contribution in [0.2, 0.25) is 5.02 Å². The van der Waals surface area contributed by atoms with Crippen molar-refractivity contribution in [2.45, 2.75) is 6.61 Å². The van der Waals surface area contributed by atoms with Crippen molar-refractivity contribution in [3.05, 3.63) is 58.9 Å². The van der Waals surface area contributed by atoms with Crippen molar-refractivity contribution < 1.29 is 19.0 Å². The van der Waals surface area contributed by atoms with Gasteiger partial charge in [0.05, 0.1) is 17.3 Å². The number of benzene rings is 2. The van der Waals surface area contributed by atoms with Crippen molar-refractivity contribution in [3.63, 3.8) is 0 Å². The van der Waals surface area contributed by atoms with Crippen LogP contribution in [-0.2, 0) is 11.4 Å². The second kappa shape index (κ2) is 7.06. The molecule has 0 radical (unpaired) electrons. The Morgan fingerprint density at radius 2 is 2.05 bits per heavy atom. The van der Waals surface area contributed by atoms with E-state index in [1.54, 1.807) is 24.3 Å². The van der Waals surface area contributed by atoms with Gasteiger partial charge in [-0.15, -0.1) is 0 Å². The summed E-state index contributed by atoms with van der Waals surface area (Å²) in [5, 5.41) is 12.1. The van der Waals surface area contributed by atoms with E-state index < -0.39 is 11.7 Å². The maximum Gasteiger partial charge on any atom is 0.262 e. The van der Waals surface area contributed by atoms with Crippen molar-refractivity contribution in [1.82, 2.24) is 0 Å². The number of para-hydroxylation sites is 1. The molecule has 0 aliphatic heterocycles. The molecule has 2 rings (SSSR count). The molecule has 0 saturated carbocycles. The van der Waals surface area contributed by atoms with Crippen LogP contribution in [0.5, 0.6) is 5.75 Å². The Hall–Kier alpha value is -2.11. The number of nitrogens with one attached hydrogen (secondary N) is 1. The zero-order valence-electron chi connectivity index (χ0n) is 11.0. The molecule has 2 N–H and O–H groups in total. The highest BCUT2D eigenvalue weighted by atomic mass is 35.5. The van der Waals surface area contributed by atoms with Crippen LogP contribution in [0, 0.1) is 5.82 Å². The number of amides is 1. The summed E-state index contributed by atoms with van der Waals surface area (Å²) in [6.45, 7) is -0.650. The fraction of sp³-hybridized carbons (Fsp3) is 0.133. The Bertz CT molecular complexity index is 649. The predicted molar refractivity (Wildman–Crippen MR) is 77.9 cm³/mol. The molecule has 0 spiro atoms. The molecule has 2 aromatic carbocycles. The Balaban J connectivity index is 1.97. The Morgan fingerprint density at radius 1 is 1.29 bits per heavy atom. The molecule has 0 aliphatic rings. The van der Waals surface area contributed by atoms with Gasteiger partial charge in [0.15, 0.2) is 6.61 Å². The van der Waals surface area contributed by atoms with E-state index >= 15 is 0 Å². The highest BCUT2D eigenvalue weighted by molar-refractivity contribution is 6.33.